The molecule has 0 heterocycles. The van der Waals surface area contributed by atoms with Crippen LogP contribution in [0.15, 0.2) is 22.7 Å². The number of hydrogen-bond donors (Lipinski definition) is 1. The second kappa shape index (κ2) is 4.35. The number of nitrogen functional groups attached to an aromatic ring is 1. The minimum absolute atomic E-state index is 0.196. The van der Waals surface area contributed by atoms with Crippen LogP contribution in [0.5, 0.6) is 0 Å². The van der Waals surface area contributed by atoms with Crippen molar-refractivity contribution in [2.24, 2.45) is 5.92 Å². The molecule has 0 spiro atoms. The highest BCUT2D eigenvalue weighted by atomic mass is 79.9. The second-order valence-electron chi connectivity index (χ2n) is 4.08. The Balaban J connectivity index is 2.27. The highest BCUT2D eigenvalue weighted by Crippen LogP contribution is 2.30. The summed E-state index contributed by atoms with van der Waals surface area (Å²) in [6.07, 6.45) is 4.38. The Morgan fingerprint density at radius 1 is 1.33 bits per heavy atom. The Hall–Kier alpha value is -0.830. The van der Waals surface area contributed by atoms with Gasteiger partial charge in [0.1, 0.15) is 0 Å². The number of carbonyl (C=O) groups is 1. The van der Waals surface area contributed by atoms with Crippen molar-refractivity contribution in [3.8, 4) is 0 Å². The van der Waals surface area contributed by atoms with Crippen LogP contribution in [-0.2, 0) is 0 Å². The molecule has 15 heavy (non-hydrogen) atoms. The van der Waals surface area contributed by atoms with Gasteiger partial charge in [0.2, 0.25) is 0 Å². The highest BCUT2D eigenvalue weighted by molar-refractivity contribution is 9.10. The topological polar surface area (TPSA) is 43.1 Å². The van der Waals surface area contributed by atoms with Crippen molar-refractivity contribution in [2.45, 2.75) is 25.7 Å². The molecule has 0 bridgehead atoms. The fraction of sp³-hybridized carbons (Fsp3) is 0.417. The number of nitrogens with two attached hydrogens (primary N) is 1. The summed E-state index contributed by atoms with van der Waals surface area (Å²) in [4.78, 5) is 12.1. The number of benzene rings is 1. The lowest BCUT2D eigenvalue weighted by atomic mass is 9.95. The summed E-state index contributed by atoms with van der Waals surface area (Å²) in [5, 5.41) is 0. The van der Waals surface area contributed by atoms with Crippen LogP contribution in [0.3, 0.4) is 0 Å². The van der Waals surface area contributed by atoms with E-state index in [1.165, 1.54) is 12.8 Å². The van der Waals surface area contributed by atoms with Crippen LogP contribution in [0.4, 0.5) is 5.69 Å². The standard InChI is InChI=1S/C12H14BrNO/c13-9-5-6-11(14)10(7-9)12(15)8-3-1-2-4-8/h5-8H,1-4,14H2. The zero-order chi connectivity index (χ0) is 10.8. The van der Waals surface area contributed by atoms with Crippen LogP contribution in [0.25, 0.3) is 0 Å². The molecule has 0 amide bonds. The zero-order valence-corrected chi connectivity index (χ0v) is 10.1. The molecule has 80 valence electrons. The summed E-state index contributed by atoms with van der Waals surface area (Å²) >= 11 is 3.37. The molecular weight excluding hydrogens is 254 g/mol. The van der Waals surface area contributed by atoms with Gasteiger partial charge in [0, 0.05) is 21.6 Å². The summed E-state index contributed by atoms with van der Waals surface area (Å²) in [5.41, 5.74) is 7.09. The molecule has 0 aromatic heterocycles. The molecule has 1 aromatic rings. The molecule has 1 aliphatic rings. The quantitative estimate of drug-likeness (QED) is 0.659. The number of hydrogen-bond acceptors (Lipinski definition) is 2. The van der Waals surface area contributed by atoms with E-state index in [0.717, 1.165) is 17.3 Å². The molecule has 2 rings (SSSR count). The van der Waals surface area contributed by atoms with Crippen LogP contribution in [0.2, 0.25) is 0 Å². The number of carbonyl (C=O) groups excluding carboxylic acids is 1. The first-order valence-corrected chi connectivity index (χ1v) is 6.07. The van der Waals surface area contributed by atoms with E-state index in [2.05, 4.69) is 15.9 Å². The van der Waals surface area contributed by atoms with Crippen LogP contribution < -0.4 is 5.73 Å². The summed E-state index contributed by atoms with van der Waals surface area (Å²) < 4.78 is 0.915. The van der Waals surface area contributed by atoms with Crippen molar-refractivity contribution in [3.63, 3.8) is 0 Å². The van der Waals surface area contributed by atoms with Crippen LogP contribution in [0, 0.1) is 5.92 Å². The smallest absolute Gasteiger partial charge is 0.168 e. The zero-order valence-electron chi connectivity index (χ0n) is 8.50. The van der Waals surface area contributed by atoms with E-state index < -0.39 is 0 Å². The van der Waals surface area contributed by atoms with E-state index >= 15 is 0 Å². The fourth-order valence-electron chi connectivity index (χ4n) is 2.15. The maximum absolute atomic E-state index is 12.1. The van der Waals surface area contributed by atoms with Gasteiger partial charge in [0.05, 0.1) is 0 Å². The van der Waals surface area contributed by atoms with Crippen molar-refractivity contribution >= 4 is 27.4 Å². The average molecular weight is 268 g/mol. The van der Waals surface area contributed by atoms with Crippen LogP contribution in [0.1, 0.15) is 36.0 Å². The van der Waals surface area contributed by atoms with E-state index in [0.29, 0.717) is 11.3 Å². The SMILES string of the molecule is Nc1ccc(Br)cc1C(=O)C1CCCC1. The third kappa shape index (κ3) is 2.23. The molecule has 0 atom stereocenters. The number of rotatable bonds is 2. The molecule has 1 aromatic carbocycles. The molecule has 1 aliphatic carbocycles. The first kappa shape index (κ1) is 10.7. The van der Waals surface area contributed by atoms with Gasteiger partial charge >= 0.3 is 0 Å². The van der Waals surface area contributed by atoms with Gasteiger partial charge in [-0.15, -0.1) is 0 Å². The summed E-state index contributed by atoms with van der Waals surface area (Å²) in [7, 11) is 0. The Morgan fingerprint density at radius 3 is 2.67 bits per heavy atom. The first-order valence-electron chi connectivity index (χ1n) is 5.27. The maximum Gasteiger partial charge on any atom is 0.168 e. The summed E-state index contributed by atoms with van der Waals surface area (Å²) in [6, 6.07) is 5.48. The predicted octanol–water partition coefficient (Wildman–Crippen LogP) is 3.40. The van der Waals surface area contributed by atoms with Gasteiger partial charge in [-0.05, 0) is 31.0 Å². The normalized spacial score (nSPS) is 16.9. The van der Waals surface area contributed by atoms with Gasteiger partial charge in [0.15, 0.2) is 5.78 Å². The van der Waals surface area contributed by atoms with Crippen LogP contribution in [-0.4, -0.2) is 5.78 Å². The molecule has 2 nitrogen and oxygen atoms in total. The van der Waals surface area contributed by atoms with Gasteiger partial charge < -0.3 is 5.73 Å². The van der Waals surface area contributed by atoms with Gasteiger partial charge in [-0.2, -0.15) is 0 Å². The second-order valence-corrected chi connectivity index (χ2v) is 4.99. The predicted molar refractivity (Wildman–Crippen MR) is 64.8 cm³/mol. The van der Waals surface area contributed by atoms with Crippen molar-refractivity contribution in [1.82, 2.24) is 0 Å². The van der Waals surface area contributed by atoms with E-state index in [4.69, 9.17) is 5.73 Å². The molecule has 1 fully saturated rings. The number of anilines is 1. The molecule has 1 saturated carbocycles. The lowest BCUT2D eigenvalue weighted by molar-refractivity contribution is 0.0923. The Bertz CT molecular complexity index is 383. The third-order valence-corrected chi connectivity index (χ3v) is 3.50. The van der Waals surface area contributed by atoms with Crippen molar-refractivity contribution in [1.29, 1.82) is 0 Å². The van der Waals surface area contributed by atoms with E-state index in [1.807, 2.05) is 12.1 Å². The van der Waals surface area contributed by atoms with Crippen molar-refractivity contribution in [2.75, 3.05) is 5.73 Å². The monoisotopic (exact) mass is 267 g/mol. The molecule has 0 radical (unpaired) electrons. The highest BCUT2D eigenvalue weighted by Gasteiger charge is 2.25. The van der Waals surface area contributed by atoms with Crippen molar-refractivity contribution in [3.05, 3.63) is 28.2 Å². The molecular formula is C12H14BrNO. The average Bonchev–Trinajstić information content (AvgIpc) is 2.74. The van der Waals surface area contributed by atoms with Gasteiger partial charge in [-0.25, -0.2) is 0 Å². The van der Waals surface area contributed by atoms with Gasteiger partial charge in [-0.1, -0.05) is 28.8 Å². The number of ketones is 1. The van der Waals surface area contributed by atoms with Gasteiger partial charge in [-0.3, -0.25) is 4.79 Å². The van der Waals surface area contributed by atoms with Gasteiger partial charge in [0.25, 0.3) is 0 Å². The minimum Gasteiger partial charge on any atom is -0.398 e. The lowest BCUT2D eigenvalue weighted by Gasteiger charge is -2.10. The van der Waals surface area contributed by atoms with E-state index in [1.54, 1.807) is 6.07 Å². The van der Waals surface area contributed by atoms with E-state index in [-0.39, 0.29) is 11.7 Å². The summed E-state index contributed by atoms with van der Waals surface area (Å²) in [5.74, 6) is 0.410. The molecule has 0 unspecified atom stereocenters. The number of halogens is 1. The Kier molecular flexibility index (Phi) is 3.10. The molecule has 0 aliphatic heterocycles. The Morgan fingerprint density at radius 2 is 2.00 bits per heavy atom. The molecule has 0 saturated heterocycles. The Labute approximate surface area is 98.0 Å². The lowest BCUT2D eigenvalue weighted by Crippen LogP contribution is -2.13. The molecule has 3 heteroatoms. The van der Waals surface area contributed by atoms with Crippen LogP contribution >= 0.6 is 15.9 Å². The van der Waals surface area contributed by atoms with Crippen molar-refractivity contribution < 1.29 is 4.79 Å². The first-order chi connectivity index (χ1) is 7.18. The fourth-order valence-corrected chi connectivity index (χ4v) is 2.51. The maximum atomic E-state index is 12.1. The minimum atomic E-state index is 0.196. The largest absolute Gasteiger partial charge is 0.398 e. The summed E-state index contributed by atoms with van der Waals surface area (Å²) in [6.45, 7) is 0. The number of Topliss-reactive ketones (excluding diaryl/α,β-unsaturated/α-hetero) is 1. The van der Waals surface area contributed by atoms with E-state index in [9.17, 15) is 4.79 Å². The molecule has 2 N–H and O–H groups in total. The third-order valence-electron chi connectivity index (χ3n) is 3.01.